The maximum atomic E-state index is 13.6. The molecule has 1 amide bonds. The number of halogens is 3. The number of hydrogen-bond acceptors (Lipinski definition) is 5. The summed E-state index contributed by atoms with van der Waals surface area (Å²) in [6.45, 7) is 3.60. The smallest absolute Gasteiger partial charge is 0.434 e. The third kappa shape index (κ3) is 4.89. The minimum Gasteiger partial charge on any atom is -0.462 e. The number of nitrogens with one attached hydrogen (secondary N) is 2. The van der Waals surface area contributed by atoms with Crippen LogP contribution in [0.2, 0.25) is 0 Å². The first-order valence-corrected chi connectivity index (χ1v) is 8.57. The number of carbonyl (C=O) groups excluding carboxylic acids is 2. The monoisotopic (exact) mass is 398 g/mol. The lowest BCUT2D eigenvalue weighted by atomic mass is 10.1. The summed E-state index contributed by atoms with van der Waals surface area (Å²) in [6.07, 6.45) is -4.01. The molecule has 2 rings (SSSR count). The standard InChI is InChI=1S/C18H21F3N4O3/c1-4-28-17(27)14-10-23-25(15(14)18(19,20)21)13-7-5-6-12(8-13)24-16(26)11(2)9-22-3/h5-8,10-11,22H,4,9H2,1-3H3,(H,24,26). The van der Waals surface area contributed by atoms with E-state index < -0.39 is 23.4 Å². The van der Waals surface area contributed by atoms with Crippen LogP contribution in [0.15, 0.2) is 30.5 Å². The Balaban J connectivity index is 2.40. The van der Waals surface area contributed by atoms with Gasteiger partial charge in [0.15, 0.2) is 5.69 Å². The topological polar surface area (TPSA) is 85.2 Å². The molecule has 0 spiro atoms. The van der Waals surface area contributed by atoms with Gasteiger partial charge in [-0.2, -0.15) is 18.3 Å². The predicted octanol–water partition coefficient (Wildman–Crippen LogP) is 2.86. The Bertz CT molecular complexity index is 849. The van der Waals surface area contributed by atoms with Crippen LogP contribution in [0.5, 0.6) is 0 Å². The summed E-state index contributed by atoms with van der Waals surface area (Å²) in [5.41, 5.74) is -1.56. The summed E-state index contributed by atoms with van der Waals surface area (Å²) in [4.78, 5) is 24.0. The number of benzene rings is 1. The van der Waals surface area contributed by atoms with E-state index in [0.717, 1.165) is 6.20 Å². The Morgan fingerprint density at radius 2 is 2.04 bits per heavy atom. The number of anilines is 1. The number of hydrogen-bond donors (Lipinski definition) is 2. The van der Waals surface area contributed by atoms with Crippen molar-refractivity contribution in [2.75, 3.05) is 25.5 Å². The lowest BCUT2D eigenvalue weighted by Gasteiger charge is -2.14. The van der Waals surface area contributed by atoms with Crippen LogP contribution in [0.3, 0.4) is 0 Å². The normalized spacial score (nSPS) is 12.5. The minimum absolute atomic E-state index is 0.0435. The highest BCUT2D eigenvalue weighted by Crippen LogP contribution is 2.34. The predicted molar refractivity (Wildman–Crippen MR) is 96.2 cm³/mol. The number of aromatic nitrogens is 2. The zero-order valence-corrected chi connectivity index (χ0v) is 15.6. The Hall–Kier alpha value is -2.88. The molecule has 1 aromatic heterocycles. The summed E-state index contributed by atoms with van der Waals surface area (Å²) in [7, 11) is 1.71. The van der Waals surface area contributed by atoms with E-state index >= 15 is 0 Å². The fourth-order valence-electron chi connectivity index (χ4n) is 2.55. The molecular weight excluding hydrogens is 377 g/mol. The molecule has 0 bridgehead atoms. The second kappa shape index (κ2) is 8.87. The van der Waals surface area contributed by atoms with Crippen LogP contribution >= 0.6 is 0 Å². The highest BCUT2D eigenvalue weighted by molar-refractivity contribution is 5.93. The van der Waals surface area contributed by atoms with Gasteiger partial charge in [0.05, 0.1) is 18.5 Å². The van der Waals surface area contributed by atoms with Gasteiger partial charge in [0.25, 0.3) is 0 Å². The van der Waals surface area contributed by atoms with Gasteiger partial charge in [-0.15, -0.1) is 0 Å². The number of esters is 1. The molecule has 2 N–H and O–H groups in total. The summed E-state index contributed by atoms with van der Waals surface area (Å²) in [6, 6.07) is 5.78. The van der Waals surface area contributed by atoms with Crippen LogP contribution in [0.1, 0.15) is 29.9 Å². The van der Waals surface area contributed by atoms with Crippen molar-refractivity contribution in [1.82, 2.24) is 15.1 Å². The molecule has 1 atom stereocenters. The summed E-state index contributed by atoms with van der Waals surface area (Å²) < 4.78 is 46.0. The average molecular weight is 398 g/mol. The molecule has 0 aliphatic heterocycles. The van der Waals surface area contributed by atoms with E-state index in [1.165, 1.54) is 25.1 Å². The molecule has 0 saturated carbocycles. The number of nitrogens with zero attached hydrogens (tertiary/aromatic N) is 2. The first kappa shape index (κ1) is 21.4. The Morgan fingerprint density at radius 1 is 1.32 bits per heavy atom. The average Bonchev–Trinajstić information content (AvgIpc) is 3.08. The van der Waals surface area contributed by atoms with E-state index in [9.17, 15) is 22.8 Å². The van der Waals surface area contributed by atoms with E-state index in [2.05, 4.69) is 20.5 Å². The fourth-order valence-corrected chi connectivity index (χ4v) is 2.55. The SMILES string of the molecule is CCOC(=O)c1cnn(-c2cccc(NC(=O)C(C)CNC)c2)c1C(F)(F)F. The van der Waals surface area contributed by atoms with Crippen LogP contribution in [0.4, 0.5) is 18.9 Å². The molecule has 28 heavy (non-hydrogen) atoms. The molecule has 0 radical (unpaired) electrons. The van der Waals surface area contributed by atoms with Crippen molar-refractivity contribution in [3.05, 3.63) is 41.7 Å². The molecule has 0 aliphatic rings. The third-order valence-electron chi connectivity index (χ3n) is 3.85. The van der Waals surface area contributed by atoms with E-state index in [1.807, 2.05) is 0 Å². The van der Waals surface area contributed by atoms with Gasteiger partial charge in [-0.25, -0.2) is 9.48 Å². The van der Waals surface area contributed by atoms with Gasteiger partial charge < -0.3 is 15.4 Å². The first-order valence-electron chi connectivity index (χ1n) is 8.57. The molecule has 7 nitrogen and oxygen atoms in total. The highest BCUT2D eigenvalue weighted by Gasteiger charge is 2.41. The molecular formula is C18H21F3N4O3. The van der Waals surface area contributed by atoms with Gasteiger partial charge in [0.2, 0.25) is 5.91 Å². The van der Waals surface area contributed by atoms with E-state index in [1.54, 1.807) is 20.0 Å². The van der Waals surface area contributed by atoms with Gasteiger partial charge in [0.1, 0.15) is 5.56 Å². The van der Waals surface area contributed by atoms with Gasteiger partial charge in [0, 0.05) is 18.2 Å². The zero-order valence-electron chi connectivity index (χ0n) is 15.6. The summed E-state index contributed by atoms with van der Waals surface area (Å²) in [5, 5.41) is 9.24. The molecule has 0 aliphatic carbocycles. The van der Waals surface area contributed by atoms with E-state index in [4.69, 9.17) is 0 Å². The first-order chi connectivity index (χ1) is 13.2. The molecule has 0 fully saturated rings. The van der Waals surface area contributed by atoms with Crippen molar-refractivity contribution in [3.63, 3.8) is 0 Å². The molecule has 1 unspecified atom stereocenters. The Labute approximate surface area is 159 Å². The molecule has 152 valence electrons. The van der Waals surface area contributed by atoms with Gasteiger partial charge in [-0.05, 0) is 32.2 Å². The Kier molecular flexibility index (Phi) is 6.79. The minimum atomic E-state index is -4.83. The van der Waals surface area contributed by atoms with Crippen LogP contribution in [-0.2, 0) is 15.7 Å². The zero-order chi connectivity index (χ0) is 20.9. The van der Waals surface area contributed by atoms with Crippen LogP contribution in [-0.4, -0.2) is 41.9 Å². The second-order valence-corrected chi connectivity index (χ2v) is 6.04. The second-order valence-electron chi connectivity index (χ2n) is 6.04. The number of ether oxygens (including phenoxy) is 1. The quantitative estimate of drug-likeness (QED) is 0.701. The van der Waals surface area contributed by atoms with Crippen molar-refractivity contribution < 1.29 is 27.5 Å². The lowest BCUT2D eigenvalue weighted by Crippen LogP contribution is -2.28. The van der Waals surface area contributed by atoms with Gasteiger partial charge in [-0.1, -0.05) is 13.0 Å². The van der Waals surface area contributed by atoms with Crippen molar-refractivity contribution in [2.24, 2.45) is 5.92 Å². The van der Waals surface area contributed by atoms with Gasteiger partial charge >= 0.3 is 12.1 Å². The number of alkyl halides is 3. The van der Waals surface area contributed by atoms with E-state index in [0.29, 0.717) is 16.9 Å². The van der Waals surface area contributed by atoms with Crippen LogP contribution in [0, 0.1) is 5.92 Å². The highest BCUT2D eigenvalue weighted by atomic mass is 19.4. The Morgan fingerprint density at radius 3 is 2.64 bits per heavy atom. The number of carbonyl (C=O) groups is 2. The molecule has 10 heteroatoms. The number of amides is 1. The third-order valence-corrected chi connectivity index (χ3v) is 3.85. The summed E-state index contributed by atoms with van der Waals surface area (Å²) >= 11 is 0. The maximum absolute atomic E-state index is 13.6. The van der Waals surface area contributed by atoms with Crippen molar-refractivity contribution in [1.29, 1.82) is 0 Å². The molecule has 0 saturated heterocycles. The van der Waals surface area contributed by atoms with Crippen molar-refractivity contribution >= 4 is 17.6 Å². The maximum Gasteiger partial charge on any atom is 0.434 e. The molecule has 1 heterocycles. The number of rotatable bonds is 7. The molecule has 1 aromatic carbocycles. The summed E-state index contributed by atoms with van der Waals surface area (Å²) in [5.74, 6) is -1.72. The van der Waals surface area contributed by atoms with Crippen molar-refractivity contribution in [3.8, 4) is 5.69 Å². The van der Waals surface area contributed by atoms with Crippen LogP contribution in [0.25, 0.3) is 5.69 Å². The van der Waals surface area contributed by atoms with Crippen molar-refractivity contribution in [2.45, 2.75) is 20.0 Å². The molecule has 2 aromatic rings. The lowest BCUT2D eigenvalue weighted by molar-refractivity contribution is -0.143. The largest absolute Gasteiger partial charge is 0.462 e. The van der Waals surface area contributed by atoms with Crippen LogP contribution < -0.4 is 10.6 Å². The fraction of sp³-hybridized carbons (Fsp3) is 0.389. The van der Waals surface area contributed by atoms with E-state index in [-0.39, 0.29) is 24.1 Å². The van der Waals surface area contributed by atoms with Gasteiger partial charge in [-0.3, -0.25) is 4.79 Å².